The van der Waals surface area contributed by atoms with Crippen LogP contribution in [0.15, 0.2) is 12.7 Å². The van der Waals surface area contributed by atoms with Gasteiger partial charge in [0.05, 0.1) is 0 Å². The first kappa shape index (κ1) is 16.5. The molecule has 0 saturated carbocycles. The lowest BCUT2D eigenvalue weighted by Crippen LogP contribution is -2.32. The van der Waals surface area contributed by atoms with Crippen molar-refractivity contribution >= 4 is 12.0 Å². The fraction of sp³-hybridized carbons (Fsp3) is 0.692. The third-order valence-electron chi connectivity index (χ3n) is 2.70. The van der Waals surface area contributed by atoms with Crippen LogP contribution in [-0.2, 0) is 4.79 Å². The number of carboxylic acid groups (broad SMARTS) is 1. The number of hydrogen-bond donors (Lipinski definition) is 2. The summed E-state index contributed by atoms with van der Waals surface area (Å²) >= 11 is 0. The molecule has 5 heteroatoms. The van der Waals surface area contributed by atoms with E-state index >= 15 is 0 Å². The summed E-state index contributed by atoms with van der Waals surface area (Å²) < 4.78 is 0. The molecule has 0 aromatic heterocycles. The molecule has 0 heterocycles. The lowest BCUT2D eigenvalue weighted by molar-refractivity contribution is -0.130. The first-order valence-corrected chi connectivity index (χ1v) is 6.29. The summed E-state index contributed by atoms with van der Waals surface area (Å²) in [5.74, 6) is 0.0810. The van der Waals surface area contributed by atoms with E-state index in [-0.39, 0.29) is 11.8 Å². The van der Waals surface area contributed by atoms with Gasteiger partial charge in [-0.25, -0.2) is 4.79 Å². The standard InChI is InChI=1S/C13H24N2O3/c1-4-5-6-7-8-15(3)12(16)9-11(2)10-14-13(17)18/h4,11,14H,1,5-10H2,2-3H3,(H,17,18)/t11-/m0/s1. The number of allylic oxidation sites excluding steroid dienone is 1. The van der Waals surface area contributed by atoms with E-state index in [0.717, 1.165) is 25.8 Å². The molecule has 0 aliphatic carbocycles. The summed E-state index contributed by atoms with van der Waals surface area (Å²) in [6.07, 6.45) is 4.18. The van der Waals surface area contributed by atoms with Gasteiger partial charge in [-0.05, 0) is 25.2 Å². The monoisotopic (exact) mass is 256 g/mol. The highest BCUT2D eigenvalue weighted by Gasteiger charge is 2.13. The maximum atomic E-state index is 11.8. The van der Waals surface area contributed by atoms with Crippen molar-refractivity contribution in [3.8, 4) is 0 Å². The maximum Gasteiger partial charge on any atom is 0.404 e. The van der Waals surface area contributed by atoms with Gasteiger partial charge in [0.25, 0.3) is 0 Å². The van der Waals surface area contributed by atoms with E-state index in [4.69, 9.17) is 5.11 Å². The Labute approximate surface area is 109 Å². The van der Waals surface area contributed by atoms with E-state index in [9.17, 15) is 9.59 Å². The predicted octanol–water partition coefficient (Wildman–Crippen LogP) is 2.09. The fourth-order valence-corrected chi connectivity index (χ4v) is 1.55. The summed E-state index contributed by atoms with van der Waals surface area (Å²) in [6.45, 7) is 6.56. The smallest absolute Gasteiger partial charge is 0.404 e. The minimum absolute atomic E-state index is 0.0178. The van der Waals surface area contributed by atoms with E-state index in [1.165, 1.54) is 0 Å². The quantitative estimate of drug-likeness (QED) is 0.490. The van der Waals surface area contributed by atoms with Crippen molar-refractivity contribution in [3.63, 3.8) is 0 Å². The second-order valence-corrected chi connectivity index (χ2v) is 4.60. The van der Waals surface area contributed by atoms with Gasteiger partial charge in [-0.15, -0.1) is 6.58 Å². The Morgan fingerprint density at radius 3 is 2.67 bits per heavy atom. The van der Waals surface area contributed by atoms with Gasteiger partial charge < -0.3 is 15.3 Å². The molecular formula is C13H24N2O3. The Morgan fingerprint density at radius 1 is 1.44 bits per heavy atom. The van der Waals surface area contributed by atoms with Gasteiger partial charge in [0.1, 0.15) is 0 Å². The molecule has 18 heavy (non-hydrogen) atoms. The van der Waals surface area contributed by atoms with Crippen LogP contribution in [0.25, 0.3) is 0 Å². The van der Waals surface area contributed by atoms with E-state index in [2.05, 4.69) is 11.9 Å². The van der Waals surface area contributed by atoms with Gasteiger partial charge in [-0.3, -0.25) is 4.79 Å². The molecule has 0 rings (SSSR count). The summed E-state index contributed by atoms with van der Waals surface area (Å²) in [7, 11) is 1.79. The third-order valence-corrected chi connectivity index (χ3v) is 2.70. The molecule has 0 aromatic carbocycles. The molecule has 104 valence electrons. The summed E-state index contributed by atoms with van der Waals surface area (Å²) in [6, 6.07) is 0. The molecule has 0 aliphatic heterocycles. The first-order chi connectivity index (χ1) is 8.47. The Balaban J connectivity index is 3.78. The maximum absolute atomic E-state index is 11.8. The summed E-state index contributed by atoms with van der Waals surface area (Å²) in [4.78, 5) is 23.8. The molecule has 0 aromatic rings. The summed E-state index contributed by atoms with van der Waals surface area (Å²) in [5.41, 5.74) is 0. The molecule has 0 aliphatic rings. The first-order valence-electron chi connectivity index (χ1n) is 6.29. The second-order valence-electron chi connectivity index (χ2n) is 4.60. The van der Waals surface area contributed by atoms with Crippen LogP contribution in [0.2, 0.25) is 0 Å². The number of nitrogens with zero attached hydrogens (tertiary/aromatic N) is 1. The molecule has 0 saturated heterocycles. The predicted molar refractivity (Wildman–Crippen MR) is 71.5 cm³/mol. The van der Waals surface area contributed by atoms with Gasteiger partial charge in [-0.2, -0.15) is 0 Å². The van der Waals surface area contributed by atoms with Crippen molar-refractivity contribution in [2.24, 2.45) is 5.92 Å². The van der Waals surface area contributed by atoms with Crippen LogP contribution >= 0.6 is 0 Å². The fourth-order valence-electron chi connectivity index (χ4n) is 1.55. The summed E-state index contributed by atoms with van der Waals surface area (Å²) in [5, 5.41) is 10.7. The van der Waals surface area contributed by atoms with Gasteiger partial charge in [0.2, 0.25) is 5.91 Å². The molecule has 2 amide bonds. The molecular weight excluding hydrogens is 232 g/mol. The van der Waals surface area contributed by atoms with E-state index in [0.29, 0.717) is 13.0 Å². The minimum atomic E-state index is -1.05. The van der Waals surface area contributed by atoms with E-state index < -0.39 is 6.09 Å². The van der Waals surface area contributed by atoms with E-state index in [1.807, 2.05) is 13.0 Å². The molecule has 0 radical (unpaired) electrons. The highest BCUT2D eigenvalue weighted by molar-refractivity contribution is 5.76. The number of nitrogens with one attached hydrogen (secondary N) is 1. The second kappa shape index (κ2) is 9.50. The highest BCUT2D eigenvalue weighted by Crippen LogP contribution is 2.05. The number of carbonyl (C=O) groups is 2. The normalized spacial score (nSPS) is 11.7. The van der Waals surface area contributed by atoms with Crippen LogP contribution in [0.4, 0.5) is 4.79 Å². The van der Waals surface area contributed by atoms with Crippen molar-refractivity contribution in [1.29, 1.82) is 0 Å². The average Bonchev–Trinajstić information content (AvgIpc) is 2.31. The zero-order chi connectivity index (χ0) is 14.0. The zero-order valence-electron chi connectivity index (χ0n) is 11.3. The van der Waals surface area contributed by atoms with Crippen LogP contribution in [-0.4, -0.2) is 42.1 Å². The number of hydrogen-bond acceptors (Lipinski definition) is 2. The van der Waals surface area contributed by atoms with Gasteiger partial charge in [0, 0.05) is 26.6 Å². The molecule has 0 unspecified atom stereocenters. The average molecular weight is 256 g/mol. The third kappa shape index (κ3) is 8.61. The Bertz CT molecular complexity index is 279. The van der Waals surface area contributed by atoms with Crippen LogP contribution < -0.4 is 5.32 Å². The molecule has 1 atom stereocenters. The Hall–Kier alpha value is -1.52. The van der Waals surface area contributed by atoms with Crippen molar-refractivity contribution in [2.45, 2.75) is 32.6 Å². The Morgan fingerprint density at radius 2 is 2.11 bits per heavy atom. The highest BCUT2D eigenvalue weighted by atomic mass is 16.4. The number of carbonyl (C=O) groups excluding carboxylic acids is 1. The molecule has 2 N–H and O–H groups in total. The number of rotatable bonds is 9. The SMILES string of the molecule is C=CCCCCN(C)C(=O)C[C@H](C)CNC(=O)O. The van der Waals surface area contributed by atoms with E-state index in [1.54, 1.807) is 11.9 Å². The molecule has 5 nitrogen and oxygen atoms in total. The van der Waals surface area contributed by atoms with Crippen molar-refractivity contribution in [2.75, 3.05) is 20.1 Å². The minimum Gasteiger partial charge on any atom is -0.465 e. The van der Waals surface area contributed by atoms with Gasteiger partial charge in [-0.1, -0.05) is 13.0 Å². The van der Waals surface area contributed by atoms with Crippen LogP contribution in [0.3, 0.4) is 0 Å². The zero-order valence-corrected chi connectivity index (χ0v) is 11.3. The number of unbranched alkanes of at least 4 members (excludes halogenated alkanes) is 2. The van der Waals surface area contributed by atoms with Crippen LogP contribution in [0.1, 0.15) is 32.6 Å². The van der Waals surface area contributed by atoms with Crippen molar-refractivity contribution < 1.29 is 14.7 Å². The van der Waals surface area contributed by atoms with Crippen molar-refractivity contribution in [1.82, 2.24) is 10.2 Å². The van der Waals surface area contributed by atoms with Gasteiger partial charge >= 0.3 is 6.09 Å². The number of amides is 2. The van der Waals surface area contributed by atoms with Crippen molar-refractivity contribution in [3.05, 3.63) is 12.7 Å². The van der Waals surface area contributed by atoms with Crippen LogP contribution in [0, 0.1) is 5.92 Å². The molecule has 0 bridgehead atoms. The molecule has 0 fully saturated rings. The topological polar surface area (TPSA) is 69.6 Å². The largest absolute Gasteiger partial charge is 0.465 e. The van der Waals surface area contributed by atoms with Crippen LogP contribution in [0.5, 0.6) is 0 Å². The molecule has 0 spiro atoms. The Kier molecular flexibility index (Phi) is 8.70. The lowest BCUT2D eigenvalue weighted by Gasteiger charge is -2.19. The van der Waals surface area contributed by atoms with Gasteiger partial charge in [0.15, 0.2) is 0 Å². The lowest BCUT2D eigenvalue weighted by atomic mass is 10.1.